The van der Waals surface area contributed by atoms with Crippen LogP contribution in [0, 0.1) is 0 Å². The van der Waals surface area contributed by atoms with Crippen LogP contribution in [0.5, 0.6) is 0 Å². The number of rotatable bonds is 10. The van der Waals surface area contributed by atoms with Crippen LogP contribution in [-0.4, -0.2) is 28.2 Å². The fourth-order valence-electron chi connectivity index (χ4n) is 4.70. The number of hydrogen-bond acceptors (Lipinski definition) is 4. The van der Waals surface area contributed by atoms with Gasteiger partial charge in [0.2, 0.25) is 0 Å². The topological polar surface area (TPSA) is 61.4 Å². The first-order chi connectivity index (χ1) is 19.6. The summed E-state index contributed by atoms with van der Waals surface area (Å²) in [6.45, 7) is 0. The van der Waals surface area contributed by atoms with Crippen LogP contribution < -0.4 is 31.1 Å². The van der Waals surface area contributed by atoms with Gasteiger partial charge in [-0.25, -0.2) is 0 Å². The maximum absolute atomic E-state index is 4.31. The predicted molar refractivity (Wildman–Crippen MR) is 170 cm³/mol. The summed E-state index contributed by atoms with van der Waals surface area (Å²) < 4.78 is 0. The lowest BCUT2D eigenvalue weighted by Gasteiger charge is -2.26. The van der Waals surface area contributed by atoms with E-state index in [4.69, 9.17) is 0 Å². The van der Waals surface area contributed by atoms with E-state index in [1.54, 1.807) is 0 Å². The highest BCUT2D eigenvalue weighted by Gasteiger charge is 2.26. The SMILES string of the molecule is C[N]c1ccc([N+](c2ccc([N]C)cc2)c2ccc(N(c3ccc(NC)cc3)c3ccc(NC)cc3)cc2)cc1. The molecule has 0 saturated heterocycles. The Morgan fingerprint density at radius 3 is 1.05 bits per heavy atom. The zero-order chi connectivity index (χ0) is 27.9. The van der Waals surface area contributed by atoms with Gasteiger partial charge in [0, 0.05) is 93.0 Å². The number of benzene rings is 5. The lowest BCUT2D eigenvalue weighted by molar-refractivity contribution is 0.927. The molecule has 0 aliphatic heterocycles. The van der Waals surface area contributed by atoms with Crippen LogP contribution in [0.1, 0.15) is 0 Å². The Labute approximate surface area is 237 Å². The summed E-state index contributed by atoms with van der Waals surface area (Å²) in [6, 6.07) is 42.2. The lowest BCUT2D eigenvalue weighted by atomic mass is 10.1. The van der Waals surface area contributed by atoms with Crippen molar-refractivity contribution >= 4 is 56.9 Å². The summed E-state index contributed by atoms with van der Waals surface area (Å²) in [5.41, 5.74) is 10.4. The highest BCUT2D eigenvalue weighted by molar-refractivity contribution is 5.79. The molecular formula is C34H34N6+. The molecule has 5 rings (SSSR count). The van der Waals surface area contributed by atoms with E-state index in [2.05, 4.69) is 128 Å². The molecule has 0 aliphatic rings. The highest BCUT2D eigenvalue weighted by atomic mass is 15.2. The Balaban J connectivity index is 1.56. The Hall–Kier alpha value is -4.94. The molecule has 199 valence electrons. The minimum Gasteiger partial charge on any atom is -0.388 e. The van der Waals surface area contributed by atoms with Crippen LogP contribution in [0.25, 0.3) is 0 Å². The molecular weight excluding hydrogens is 492 g/mol. The molecule has 0 spiro atoms. The first-order valence-corrected chi connectivity index (χ1v) is 13.3. The fourth-order valence-corrected chi connectivity index (χ4v) is 4.70. The molecule has 3 radical (unpaired) electrons. The molecule has 0 aliphatic carbocycles. The second-order valence-electron chi connectivity index (χ2n) is 9.26. The van der Waals surface area contributed by atoms with Gasteiger partial charge in [-0.3, -0.25) is 10.6 Å². The van der Waals surface area contributed by atoms with Crippen LogP contribution in [0.4, 0.5) is 56.9 Å². The largest absolute Gasteiger partial charge is 0.388 e. The second-order valence-corrected chi connectivity index (χ2v) is 9.26. The van der Waals surface area contributed by atoms with Crippen molar-refractivity contribution in [3.63, 3.8) is 0 Å². The van der Waals surface area contributed by atoms with Crippen LogP contribution in [0.2, 0.25) is 0 Å². The molecule has 6 heteroatoms. The molecule has 0 bridgehead atoms. The third kappa shape index (κ3) is 5.72. The maximum atomic E-state index is 4.31. The zero-order valence-corrected chi connectivity index (χ0v) is 23.3. The van der Waals surface area contributed by atoms with E-state index in [0.717, 1.165) is 56.9 Å². The van der Waals surface area contributed by atoms with Crippen molar-refractivity contribution in [3.05, 3.63) is 121 Å². The Morgan fingerprint density at radius 2 is 0.750 bits per heavy atom. The van der Waals surface area contributed by atoms with E-state index in [1.165, 1.54) is 0 Å². The van der Waals surface area contributed by atoms with Gasteiger partial charge in [0.15, 0.2) is 17.1 Å². The predicted octanol–water partition coefficient (Wildman–Crippen LogP) is 8.41. The number of nitrogens with one attached hydrogen (secondary N) is 2. The molecule has 40 heavy (non-hydrogen) atoms. The van der Waals surface area contributed by atoms with Gasteiger partial charge in [0.05, 0.1) is 11.4 Å². The zero-order valence-electron chi connectivity index (χ0n) is 23.3. The average Bonchev–Trinajstić information content (AvgIpc) is 3.03. The first kappa shape index (κ1) is 26.7. The summed E-state index contributed by atoms with van der Waals surface area (Å²) >= 11 is 0. The quantitative estimate of drug-likeness (QED) is 0.180. The molecule has 0 fully saturated rings. The van der Waals surface area contributed by atoms with Crippen molar-refractivity contribution in [1.29, 1.82) is 0 Å². The molecule has 0 heterocycles. The van der Waals surface area contributed by atoms with Gasteiger partial charge < -0.3 is 15.5 Å². The molecule has 0 amide bonds. The van der Waals surface area contributed by atoms with Gasteiger partial charge in [-0.1, -0.05) is 4.90 Å². The van der Waals surface area contributed by atoms with E-state index in [9.17, 15) is 0 Å². The van der Waals surface area contributed by atoms with Crippen LogP contribution >= 0.6 is 0 Å². The van der Waals surface area contributed by atoms with E-state index in [1.807, 2.05) is 52.5 Å². The standard InChI is InChI=1S/C34H34N6/c1-35-25-5-13-29(14-6-25)39(30-15-7-26(36-2)8-16-30)33-21-23-34(24-22-33)40(31-17-9-27(37-3)10-18-31)32-19-11-28(38-4)12-20-32/h5-24,35-36H,1-4H3/q+1. The summed E-state index contributed by atoms with van der Waals surface area (Å²) in [7, 11) is 7.48. The van der Waals surface area contributed by atoms with E-state index in [-0.39, 0.29) is 0 Å². The molecule has 5 aromatic carbocycles. The third-order valence-electron chi connectivity index (χ3n) is 6.93. The van der Waals surface area contributed by atoms with Crippen molar-refractivity contribution < 1.29 is 0 Å². The normalized spacial score (nSPS) is 10.7. The Bertz CT molecular complexity index is 1280. The third-order valence-corrected chi connectivity index (χ3v) is 6.93. The van der Waals surface area contributed by atoms with Gasteiger partial charge in [-0.05, 0) is 84.9 Å². The van der Waals surface area contributed by atoms with Crippen molar-refractivity contribution in [2.24, 2.45) is 0 Å². The summed E-state index contributed by atoms with van der Waals surface area (Å²) in [5.74, 6) is 0. The van der Waals surface area contributed by atoms with Crippen molar-refractivity contribution in [2.75, 3.05) is 43.7 Å². The second kappa shape index (κ2) is 12.3. The van der Waals surface area contributed by atoms with Crippen molar-refractivity contribution in [1.82, 2.24) is 15.5 Å². The lowest BCUT2D eigenvalue weighted by Crippen LogP contribution is -2.13. The van der Waals surface area contributed by atoms with Crippen molar-refractivity contribution in [2.45, 2.75) is 0 Å². The van der Waals surface area contributed by atoms with Crippen LogP contribution in [0.15, 0.2) is 121 Å². The summed E-state index contributed by atoms with van der Waals surface area (Å²) in [6.07, 6.45) is 0. The van der Waals surface area contributed by atoms with E-state index < -0.39 is 0 Å². The molecule has 0 aromatic heterocycles. The maximum Gasteiger partial charge on any atom is 0.192 e. The van der Waals surface area contributed by atoms with Crippen molar-refractivity contribution in [3.8, 4) is 0 Å². The Morgan fingerprint density at radius 1 is 0.450 bits per heavy atom. The number of nitrogens with zero attached hydrogens (tertiary/aromatic N) is 4. The van der Waals surface area contributed by atoms with Crippen LogP contribution in [0.3, 0.4) is 0 Å². The van der Waals surface area contributed by atoms with Gasteiger partial charge >= 0.3 is 0 Å². The average molecular weight is 527 g/mol. The molecule has 6 nitrogen and oxygen atoms in total. The smallest absolute Gasteiger partial charge is 0.192 e. The van der Waals surface area contributed by atoms with E-state index >= 15 is 0 Å². The molecule has 0 unspecified atom stereocenters. The number of anilines is 8. The molecule has 2 N–H and O–H groups in total. The summed E-state index contributed by atoms with van der Waals surface area (Å²) in [5, 5.41) is 15.0. The number of hydrogen-bond donors (Lipinski definition) is 2. The van der Waals surface area contributed by atoms with Gasteiger partial charge in [-0.15, -0.1) is 0 Å². The van der Waals surface area contributed by atoms with Gasteiger partial charge in [0.25, 0.3) is 0 Å². The first-order valence-electron chi connectivity index (χ1n) is 13.3. The van der Waals surface area contributed by atoms with Crippen LogP contribution in [-0.2, 0) is 0 Å². The van der Waals surface area contributed by atoms with Gasteiger partial charge in [-0.2, -0.15) is 0 Å². The molecule has 0 atom stereocenters. The highest BCUT2D eigenvalue weighted by Crippen LogP contribution is 2.39. The minimum absolute atomic E-state index is 0.948. The van der Waals surface area contributed by atoms with Gasteiger partial charge in [0.1, 0.15) is 0 Å². The monoisotopic (exact) mass is 526 g/mol. The Kier molecular flexibility index (Phi) is 8.18. The summed E-state index contributed by atoms with van der Waals surface area (Å²) in [4.78, 5) is 4.51. The minimum atomic E-state index is 0.948. The fraction of sp³-hybridized carbons (Fsp3) is 0.118. The molecule has 5 aromatic rings. The molecule has 0 saturated carbocycles. The van der Waals surface area contributed by atoms with E-state index in [0.29, 0.717) is 0 Å².